The van der Waals surface area contributed by atoms with Crippen LogP contribution in [0.4, 0.5) is 0 Å². The summed E-state index contributed by atoms with van der Waals surface area (Å²) in [5.74, 6) is -2.77. The molecule has 0 N–H and O–H groups in total. The Balaban J connectivity index is 2.11. The van der Waals surface area contributed by atoms with Crippen molar-refractivity contribution in [2.24, 2.45) is 0 Å². The molecule has 0 heterocycles. The van der Waals surface area contributed by atoms with Gasteiger partial charge >= 0.3 is 26.0 Å². The van der Waals surface area contributed by atoms with Crippen LogP contribution < -0.4 is 0 Å². The van der Waals surface area contributed by atoms with Crippen molar-refractivity contribution in [3.8, 4) is 6.07 Å². The van der Waals surface area contributed by atoms with Crippen LogP contribution in [0.15, 0.2) is 88.7 Å². The fourth-order valence-electron chi connectivity index (χ4n) is 2.68. The maximum atomic E-state index is 12.9. The van der Waals surface area contributed by atoms with E-state index in [0.29, 0.717) is 0 Å². The van der Waals surface area contributed by atoms with Crippen molar-refractivity contribution in [1.29, 1.82) is 5.26 Å². The predicted molar refractivity (Wildman–Crippen MR) is 113 cm³/mol. The van der Waals surface area contributed by atoms with Gasteiger partial charge in [-0.1, -0.05) is 65.7 Å². The molecule has 0 unspecified atom stereocenters. The molecule has 0 saturated carbocycles. The highest BCUT2D eigenvalue weighted by molar-refractivity contribution is 7.87. The first kappa shape index (κ1) is 22.7. The van der Waals surface area contributed by atoms with Gasteiger partial charge < -0.3 is 0 Å². The zero-order valence-corrected chi connectivity index (χ0v) is 18.4. The number of hydrogen-bond acceptors (Lipinski definition) is 7. The fraction of sp³-hybridized carbons (Fsp3) is 0.136. The van der Waals surface area contributed by atoms with E-state index in [-0.39, 0.29) is 15.4 Å². The van der Waals surface area contributed by atoms with Gasteiger partial charge in [-0.2, -0.15) is 22.1 Å². The van der Waals surface area contributed by atoms with E-state index in [1.54, 1.807) is 50.2 Å². The van der Waals surface area contributed by atoms with Crippen molar-refractivity contribution in [3.63, 3.8) is 0 Å². The van der Waals surface area contributed by atoms with Crippen molar-refractivity contribution < 1.29 is 25.2 Å². The topological polar surface area (TPSA) is 111 Å². The maximum Gasteiger partial charge on any atom is 0.317 e. The van der Waals surface area contributed by atoms with Gasteiger partial charge in [0.05, 0.1) is 9.79 Å². The van der Waals surface area contributed by atoms with Crippen molar-refractivity contribution in [2.75, 3.05) is 0 Å². The Labute approximate surface area is 181 Å². The van der Waals surface area contributed by atoms with Crippen molar-refractivity contribution >= 4 is 20.2 Å². The Bertz CT molecular complexity index is 1230. The Morgan fingerprint density at radius 3 is 1.42 bits per heavy atom. The van der Waals surface area contributed by atoms with Crippen molar-refractivity contribution in [2.45, 2.75) is 29.4 Å². The van der Waals surface area contributed by atoms with Crippen molar-refractivity contribution in [1.82, 2.24) is 0 Å². The van der Waals surface area contributed by atoms with E-state index >= 15 is 0 Å². The smallest absolute Gasteiger partial charge is 0.211 e. The Hall–Kier alpha value is -3.03. The molecule has 160 valence electrons. The number of aryl methyl sites for hydroxylation is 2. The van der Waals surface area contributed by atoms with Gasteiger partial charge in [-0.15, -0.1) is 0 Å². The first-order chi connectivity index (χ1) is 14.6. The van der Waals surface area contributed by atoms with Gasteiger partial charge in [0.25, 0.3) is 0 Å². The van der Waals surface area contributed by atoms with E-state index in [4.69, 9.17) is 8.37 Å². The lowest BCUT2D eigenvalue weighted by atomic mass is 10.1. The summed E-state index contributed by atoms with van der Waals surface area (Å²) in [6.07, 6.45) is 0. The van der Waals surface area contributed by atoms with Gasteiger partial charge in [-0.25, -0.2) is 8.37 Å². The lowest BCUT2D eigenvalue weighted by Gasteiger charge is -2.26. The first-order valence-corrected chi connectivity index (χ1v) is 11.9. The molecule has 31 heavy (non-hydrogen) atoms. The molecule has 0 aliphatic carbocycles. The number of nitrogens with zero attached hydrogens (tertiary/aromatic N) is 1. The lowest BCUT2D eigenvalue weighted by molar-refractivity contribution is -0.0593. The van der Waals surface area contributed by atoms with E-state index < -0.39 is 26.0 Å². The molecule has 0 spiro atoms. The molecule has 0 bridgehead atoms. The molecule has 0 atom stereocenters. The van der Waals surface area contributed by atoms with Crippen LogP contribution in [0.5, 0.6) is 0 Å². The third-order valence-electron chi connectivity index (χ3n) is 4.37. The quantitative estimate of drug-likeness (QED) is 0.392. The Kier molecular flexibility index (Phi) is 6.29. The molecular weight excluding hydrogens is 438 g/mol. The van der Waals surface area contributed by atoms with Crippen LogP contribution >= 0.6 is 0 Å². The van der Waals surface area contributed by atoms with Gasteiger partial charge in [0.1, 0.15) is 6.07 Å². The van der Waals surface area contributed by atoms with Crippen LogP contribution in [0.1, 0.15) is 16.7 Å². The molecule has 9 heteroatoms. The molecule has 3 aromatic carbocycles. The largest absolute Gasteiger partial charge is 0.317 e. The monoisotopic (exact) mass is 457 g/mol. The fourth-order valence-corrected chi connectivity index (χ4v) is 4.81. The average molecular weight is 458 g/mol. The van der Waals surface area contributed by atoms with Crippen molar-refractivity contribution in [3.05, 3.63) is 95.6 Å². The second-order valence-corrected chi connectivity index (χ2v) is 9.89. The highest BCUT2D eigenvalue weighted by atomic mass is 32.2. The third kappa shape index (κ3) is 5.00. The number of hydrogen-bond donors (Lipinski definition) is 0. The SMILES string of the molecule is Cc1ccc(S(=O)(=O)OC(C#N)(OS(=O)(=O)c2ccc(C)cc2)c2ccccc2)cc1. The van der Waals surface area contributed by atoms with E-state index in [1.165, 1.54) is 48.5 Å². The molecular formula is C22H19NO6S2. The molecule has 0 aliphatic heterocycles. The number of rotatable bonds is 7. The summed E-state index contributed by atoms with van der Waals surface area (Å²) >= 11 is 0. The van der Waals surface area contributed by atoms with Gasteiger partial charge in [0.2, 0.25) is 0 Å². The van der Waals surface area contributed by atoms with Crippen LogP contribution in [0, 0.1) is 25.2 Å². The van der Waals surface area contributed by atoms with Gasteiger partial charge in [0, 0.05) is 5.56 Å². The van der Waals surface area contributed by atoms with Gasteiger partial charge in [-0.3, -0.25) is 0 Å². The van der Waals surface area contributed by atoms with Crippen LogP contribution in [0.25, 0.3) is 0 Å². The summed E-state index contributed by atoms with van der Waals surface area (Å²) in [5.41, 5.74) is 1.53. The minimum absolute atomic E-state index is 0.0936. The number of benzene rings is 3. The van der Waals surface area contributed by atoms with E-state index in [1.807, 2.05) is 0 Å². The van der Waals surface area contributed by atoms with E-state index in [9.17, 15) is 22.1 Å². The van der Waals surface area contributed by atoms with Gasteiger partial charge in [0.15, 0.2) is 0 Å². The molecule has 0 radical (unpaired) electrons. The maximum absolute atomic E-state index is 12.9. The highest BCUT2D eigenvalue weighted by Gasteiger charge is 2.45. The second-order valence-electron chi connectivity index (χ2n) is 6.80. The molecule has 7 nitrogen and oxygen atoms in total. The number of nitriles is 1. The standard InChI is InChI=1S/C22H19NO6S2/c1-17-8-12-20(13-9-17)30(24,25)28-22(16-23,19-6-4-3-5-7-19)29-31(26,27)21-14-10-18(2)11-15-21/h3-15H,1-2H3. The molecule has 0 fully saturated rings. The van der Waals surface area contributed by atoms with E-state index in [0.717, 1.165) is 11.1 Å². The lowest BCUT2D eigenvalue weighted by Crippen LogP contribution is -2.36. The van der Waals surface area contributed by atoms with Crippen LogP contribution in [-0.4, -0.2) is 16.8 Å². The van der Waals surface area contributed by atoms with Crippen LogP contribution in [-0.2, 0) is 34.4 Å². The van der Waals surface area contributed by atoms with Crippen LogP contribution in [0.3, 0.4) is 0 Å². The minimum Gasteiger partial charge on any atom is -0.211 e. The summed E-state index contributed by atoms with van der Waals surface area (Å²) in [6.45, 7) is 3.55. The summed E-state index contributed by atoms with van der Waals surface area (Å²) in [6, 6.07) is 20.3. The van der Waals surface area contributed by atoms with Gasteiger partial charge in [-0.05, 0) is 38.1 Å². The summed E-state index contributed by atoms with van der Waals surface area (Å²) in [7, 11) is -9.14. The molecule has 0 aromatic heterocycles. The summed E-state index contributed by atoms with van der Waals surface area (Å²) in [5, 5.41) is 9.91. The van der Waals surface area contributed by atoms with E-state index in [2.05, 4.69) is 0 Å². The normalized spacial score (nSPS) is 12.3. The third-order valence-corrected chi connectivity index (χ3v) is 6.98. The highest BCUT2D eigenvalue weighted by Crippen LogP contribution is 2.34. The Morgan fingerprint density at radius 2 is 1.06 bits per heavy atom. The zero-order chi connectivity index (χ0) is 22.7. The van der Waals surface area contributed by atoms with Crippen LogP contribution in [0.2, 0.25) is 0 Å². The average Bonchev–Trinajstić information content (AvgIpc) is 2.74. The zero-order valence-electron chi connectivity index (χ0n) is 16.7. The molecule has 3 aromatic rings. The molecule has 0 amide bonds. The summed E-state index contributed by atoms with van der Waals surface area (Å²) < 4.78 is 62.0. The second kappa shape index (κ2) is 8.61. The first-order valence-electron chi connectivity index (χ1n) is 9.09. The molecule has 0 aliphatic rings. The minimum atomic E-state index is -4.57. The molecule has 3 rings (SSSR count). The predicted octanol–water partition coefficient (Wildman–Crippen LogP) is 3.79. The summed E-state index contributed by atoms with van der Waals surface area (Å²) in [4.78, 5) is -0.491. The molecule has 0 saturated heterocycles. The Morgan fingerprint density at radius 1 is 0.677 bits per heavy atom.